The van der Waals surface area contributed by atoms with Gasteiger partial charge in [-0.05, 0) is 72.4 Å². The average molecular weight is 745 g/mol. The maximum Gasteiger partial charge on any atom is 0.328 e. The number of hydrogen-bond donors (Lipinski definition) is 3. The Morgan fingerprint density at radius 2 is 1.68 bits per heavy atom. The van der Waals surface area contributed by atoms with E-state index in [2.05, 4.69) is 10.3 Å². The van der Waals surface area contributed by atoms with Gasteiger partial charge in [0.15, 0.2) is 0 Å². The Balaban J connectivity index is 1.37. The van der Waals surface area contributed by atoms with Crippen LogP contribution in [-0.4, -0.2) is 95.4 Å². The number of hydrogen-bond acceptors (Lipinski definition) is 9. The van der Waals surface area contributed by atoms with Crippen LogP contribution in [-0.2, 0) is 32.6 Å². The SMILES string of the molecule is COc1ccc(S(=O)(=O)N(CC(C)C)C[C@@H](O)[C@H](Cc2ccccc2)NC(=O)[C@H](C(C)C)N2CC(=O)N(Cc3ccc4cc(N)ccc4n3)C2=O)cc1. The molecule has 0 aliphatic carbocycles. The summed E-state index contributed by atoms with van der Waals surface area (Å²) in [7, 11) is -2.56. The molecule has 2 heterocycles. The summed E-state index contributed by atoms with van der Waals surface area (Å²) < 4.78 is 34.2. The number of ether oxygens (including phenoxy) is 1. The first kappa shape index (κ1) is 39.2. The number of nitrogens with one attached hydrogen (secondary N) is 1. The highest BCUT2D eigenvalue weighted by Gasteiger charge is 2.44. The lowest BCUT2D eigenvalue weighted by atomic mass is 9.97. The number of nitrogens with two attached hydrogens (primary N) is 1. The Bertz CT molecular complexity index is 2030. The molecule has 13 nitrogen and oxygen atoms in total. The van der Waals surface area contributed by atoms with Gasteiger partial charge in [0.25, 0.3) is 5.91 Å². The molecule has 1 fully saturated rings. The number of benzene rings is 3. The summed E-state index contributed by atoms with van der Waals surface area (Å²) in [5.41, 5.74) is 8.44. The molecule has 1 aromatic heterocycles. The van der Waals surface area contributed by atoms with Crippen LogP contribution in [0.15, 0.2) is 89.8 Å². The van der Waals surface area contributed by atoms with Gasteiger partial charge in [-0.25, -0.2) is 13.2 Å². The number of nitrogen functional groups attached to an aromatic ring is 1. The minimum absolute atomic E-state index is 0.0417. The first-order valence-electron chi connectivity index (χ1n) is 17.6. The second-order valence-electron chi connectivity index (χ2n) is 14.1. The van der Waals surface area contributed by atoms with Crippen molar-refractivity contribution in [3.63, 3.8) is 0 Å². The van der Waals surface area contributed by atoms with Gasteiger partial charge in [0.05, 0.1) is 41.9 Å². The van der Waals surface area contributed by atoms with Gasteiger partial charge in [-0.3, -0.25) is 19.5 Å². The number of carbonyl (C=O) groups excluding carboxylic acids is 3. The molecule has 1 aliphatic rings. The molecule has 0 radical (unpaired) electrons. The van der Waals surface area contributed by atoms with E-state index in [4.69, 9.17) is 10.5 Å². The van der Waals surface area contributed by atoms with Crippen molar-refractivity contribution in [2.24, 2.45) is 11.8 Å². The molecule has 5 rings (SSSR count). The molecule has 1 saturated heterocycles. The van der Waals surface area contributed by atoms with E-state index in [1.54, 1.807) is 50.2 Å². The summed E-state index contributed by atoms with van der Waals surface area (Å²) in [6.45, 7) is 6.72. The Kier molecular flexibility index (Phi) is 12.4. The third kappa shape index (κ3) is 9.31. The van der Waals surface area contributed by atoms with Crippen LogP contribution in [0, 0.1) is 11.8 Å². The number of imide groups is 1. The number of urea groups is 1. The van der Waals surface area contributed by atoms with E-state index >= 15 is 0 Å². The first-order chi connectivity index (χ1) is 25.2. The van der Waals surface area contributed by atoms with E-state index in [9.17, 15) is 27.9 Å². The van der Waals surface area contributed by atoms with E-state index < -0.39 is 52.0 Å². The fraction of sp³-hybridized carbons (Fsp3) is 0.385. The predicted molar refractivity (Wildman–Crippen MR) is 202 cm³/mol. The van der Waals surface area contributed by atoms with Crippen molar-refractivity contribution >= 4 is 44.5 Å². The zero-order valence-electron chi connectivity index (χ0n) is 30.7. The Morgan fingerprint density at radius 3 is 2.32 bits per heavy atom. The second kappa shape index (κ2) is 16.7. The number of amides is 4. The molecule has 0 unspecified atom stereocenters. The van der Waals surface area contributed by atoms with E-state index in [1.165, 1.54) is 28.4 Å². The number of carbonyl (C=O) groups is 3. The minimum Gasteiger partial charge on any atom is -0.497 e. The number of pyridine rings is 1. The number of methoxy groups -OCH3 is 1. The van der Waals surface area contributed by atoms with E-state index in [-0.39, 0.29) is 43.4 Å². The van der Waals surface area contributed by atoms with Gasteiger partial charge >= 0.3 is 6.03 Å². The molecule has 0 spiro atoms. The number of aliphatic hydroxyl groups is 1. The second-order valence-corrected chi connectivity index (χ2v) is 16.0. The normalized spacial score (nSPS) is 15.4. The fourth-order valence-electron chi connectivity index (χ4n) is 6.50. The molecule has 0 saturated carbocycles. The number of nitrogens with zero attached hydrogens (tertiary/aromatic N) is 4. The summed E-state index contributed by atoms with van der Waals surface area (Å²) in [5.74, 6) is -1.03. The van der Waals surface area contributed by atoms with Crippen molar-refractivity contribution in [3.05, 3.63) is 96.2 Å². The summed E-state index contributed by atoms with van der Waals surface area (Å²) >= 11 is 0. The molecular formula is C39H48N6O7S. The molecule has 14 heteroatoms. The highest BCUT2D eigenvalue weighted by molar-refractivity contribution is 7.89. The molecule has 282 valence electrons. The van der Waals surface area contributed by atoms with Crippen molar-refractivity contribution in [2.45, 2.75) is 63.7 Å². The van der Waals surface area contributed by atoms with Gasteiger partial charge in [-0.15, -0.1) is 0 Å². The van der Waals surface area contributed by atoms with Crippen molar-refractivity contribution in [3.8, 4) is 5.75 Å². The Labute approximate surface area is 310 Å². The highest BCUT2D eigenvalue weighted by Crippen LogP contribution is 2.25. The van der Waals surface area contributed by atoms with Gasteiger partial charge in [-0.2, -0.15) is 4.31 Å². The lowest BCUT2D eigenvalue weighted by Crippen LogP contribution is -2.57. The minimum atomic E-state index is -4.06. The first-order valence-corrected chi connectivity index (χ1v) is 19.0. The van der Waals surface area contributed by atoms with Crippen LogP contribution in [0.2, 0.25) is 0 Å². The number of rotatable bonds is 16. The monoisotopic (exact) mass is 744 g/mol. The number of fused-ring (bicyclic) bond motifs is 1. The Morgan fingerprint density at radius 1 is 0.981 bits per heavy atom. The van der Waals surface area contributed by atoms with Gasteiger partial charge in [0.2, 0.25) is 15.9 Å². The van der Waals surface area contributed by atoms with Crippen LogP contribution >= 0.6 is 0 Å². The van der Waals surface area contributed by atoms with Crippen LogP contribution in [0.25, 0.3) is 10.9 Å². The van der Waals surface area contributed by atoms with Gasteiger partial charge in [0, 0.05) is 24.2 Å². The number of aromatic nitrogens is 1. The van der Waals surface area contributed by atoms with Gasteiger partial charge in [0.1, 0.15) is 18.3 Å². The van der Waals surface area contributed by atoms with Crippen molar-refractivity contribution < 1.29 is 32.6 Å². The smallest absolute Gasteiger partial charge is 0.328 e. The number of anilines is 1. The quantitative estimate of drug-likeness (QED) is 0.113. The van der Waals surface area contributed by atoms with Crippen molar-refractivity contribution in [1.82, 2.24) is 24.4 Å². The number of sulfonamides is 1. The molecule has 3 atom stereocenters. The molecular weight excluding hydrogens is 697 g/mol. The molecule has 1 aliphatic heterocycles. The third-order valence-electron chi connectivity index (χ3n) is 9.16. The predicted octanol–water partition coefficient (Wildman–Crippen LogP) is 4.05. The van der Waals surface area contributed by atoms with Crippen LogP contribution in [0.5, 0.6) is 5.75 Å². The Hall–Kier alpha value is -5.05. The molecule has 4 amide bonds. The summed E-state index contributed by atoms with van der Waals surface area (Å²) in [6, 6.07) is 21.4. The molecule has 0 bridgehead atoms. The van der Waals surface area contributed by atoms with Crippen molar-refractivity contribution in [2.75, 3.05) is 32.5 Å². The average Bonchev–Trinajstić information content (AvgIpc) is 3.38. The summed E-state index contributed by atoms with van der Waals surface area (Å²) in [6.07, 6.45) is -1.17. The third-order valence-corrected chi connectivity index (χ3v) is 11.0. The van der Waals surface area contributed by atoms with E-state index in [1.807, 2.05) is 50.2 Å². The molecule has 53 heavy (non-hydrogen) atoms. The molecule has 3 aromatic carbocycles. The zero-order chi connectivity index (χ0) is 38.4. The van der Waals surface area contributed by atoms with Gasteiger partial charge < -0.3 is 25.8 Å². The maximum atomic E-state index is 14.2. The summed E-state index contributed by atoms with van der Waals surface area (Å²) in [4.78, 5) is 48.2. The van der Waals surface area contributed by atoms with Gasteiger partial charge in [-0.1, -0.05) is 64.1 Å². The highest BCUT2D eigenvalue weighted by atomic mass is 32.2. The van der Waals surface area contributed by atoms with Crippen molar-refractivity contribution in [1.29, 1.82) is 0 Å². The maximum absolute atomic E-state index is 14.2. The summed E-state index contributed by atoms with van der Waals surface area (Å²) in [5, 5.41) is 15.5. The molecule has 4 N–H and O–H groups in total. The lowest BCUT2D eigenvalue weighted by molar-refractivity contribution is -0.129. The molecule has 4 aromatic rings. The van der Waals surface area contributed by atoms with E-state index in [0.717, 1.165) is 15.8 Å². The standard InChI is InChI=1S/C39H48N6O7S/c1-25(2)21-43(53(50,51)32-16-14-31(52-5)15-17-32)23-35(46)34(19-27-9-7-6-8-10-27)42-38(48)37(26(3)4)45-24-36(47)44(39(45)49)22-30-13-11-28-20-29(40)12-18-33(28)41-30/h6-18,20,25-26,34-35,37,46H,19,21-24,40H2,1-5H3,(H,42,48)/t34-,35+,37-/m0/s1. The van der Waals surface area contributed by atoms with Crippen LogP contribution in [0.1, 0.15) is 39.0 Å². The topological polar surface area (TPSA) is 175 Å². The van der Waals surface area contributed by atoms with Crippen LogP contribution in [0.3, 0.4) is 0 Å². The van der Waals surface area contributed by atoms with Crippen LogP contribution in [0.4, 0.5) is 10.5 Å². The number of aliphatic hydroxyl groups excluding tert-OH is 1. The zero-order valence-corrected chi connectivity index (χ0v) is 31.5. The lowest BCUT2D eigenvalue weighted by Gasteiger charge is -2.34. The fourth-order valence-corrected chi connectivity index (χ4v) is 8.13. The largest absolute Gasteiger partial charge is 0.497 e. The van der Waals surface area contributed by atoms with E-state index in [0.29, 0.717) is 22.6 Å². The van der Waals surface area contributed by atoms with Crippen LogP contribution < -0.4 is 15.8 Å².